The number of nitrogens with zero attached hydrogens (tertiary/aromatic N) is 2. The van der Waals surface area contributed by atoms with Crippen LogP contribution in [-0.2, 0) is 10.3 Å². The molecular weight excluding hydrogens is 340 g/mol. The lowest BCUT2D eigenvalue weighted by Crippen LogP contribution is -2.50. The highest BCUT2D eigenvalue weighted by Crippen LogP contribution is 2.27. The Morgan fingerprint density at radius 1 is 1.20 bits per heavy atom. The first kappa shape index (κ1) is 18.2. The van der Waals surface area contributed by atoms with Crippen LogP contribution in [0.25, 0.3) is 11.0 Å². The molecule has 6 nitrogen and oxygen atoms in total. The van der Waals surface area contributed by atoms with E-state index in [1.54, 1.807) is 30.5 Å². The van der Waals surface area contributed by atoms with E-state index in [1.165, 1.54) is 6.42 Å². The summed E-state index contributed by atoms with van der Waals surface area (Å²) in [4.78, 5) is 2.35. The lowest BCUT2D eigenvalue weighted by atomic mass is 9.99. The van der Waals surface area contributed by atoms with Crippen molar-refractivity contribution in [1.82, 2.24) is 4.90 Å². The van der Waals surface area contributed by atoms with E-state index in [0.717, 1.165) is 35.6 Å². The van der Waals surface area contributed by atoms with Crippen LogP contribution >= 0.6 is 0 Å². The number of benzene rings is 1. The zero-order chi connectivity index (χ0) is 18.0. The van der Waals surface area contributed by atoms with Gasteiger partial charge in [0.15, 0.2) is 0 Å². The quantitative estimate of drug-likeness (QED) is 0.792. The van der Waals surface area contributed by atoms with Crippen molar-refractivity contribution >= 4 is 27.0 Å². The minimum Gasteiger partial charge on any atom is -0.464 e. The van der Waals surface area contributed by atoms with E-state index in [-0.39, 0.29) is 18.5 Å². The van der Waals surface area contributed by atoms with Crippen LogP contribution in [-0.4, -0.2) is 43.5 Å². The maximum atomic E-state index is 12.1. The van der Waals surface area contributed by atoms with Gasteiger partial charge in [0.1, 0.15) is 5.58 Å². The van der Waals surface area contributed by atoms with Crippen molar-refractivity contribution in [3.05, 3.63) is 30.5 Å². The summed E-state index contributed by atoms with van der Waals surface area (Å²) in [6, 6.07) is 6.98. The fraction of sp³-hybridized carbons (Fsp3) is 0.556. The number of likely N-dealkylation sites (tertiary alicyclic amines) is 1. The number of rotatable bonds is 6. The van der Waals surface area contributed by atoms with E-state index in [1.807, 2.05) is 0 Å². The highest BCUT2D eigenvalue weighted by Gasteiger charge is 2.30. The Kier molecular flexibility index (Phi) is 5.36. The summed E-state index contributed by atoms with van der Waals surface area (Å²) in [6.45, 7) is 6.38. The minimum atomic E-state index is -4.36. The van der Waals surface area contributed by atoms with Gasteiger partial charge in [0.25, 0.3) is 0 Å². The molecule has 1 unspecified atom stereocenters. The minimum absolute atomic E-state index is 0.0577. The fourth-order valence-electron chi connectivity index (χ4n) is 3.61. The summed E-state index contributed by atoms with van der Waals surface area (Å²) in [6.07, 6.45) is 5.06. The summed E-state index contributed by atoms with van der Waals surface area (Å²) < 4.78 is 40.4. The predicted molar refractivity (Wildman–Crippen MR) is 99.2 cm³/mol. The molecule has 0 saturated carbocycles. The van der Waals surface area contributed by atoms with Gasteiger partial charge in [-0.2, -0.15) is 8.42 Å². The molecule has 3 rings (SSSR count). The molecule has 1 aliphatic rings. The fourth-order valence-corrected chi connectivity index (χ4v) is 4.33. The third-order valence-corrected chi connectivity index (χ3v) is 5.90. The predicted octanol–water partition coefficient (Wildman–Crippen LogP) is 3.55. The largest absolute Gasteiger partial charge is 0.464 e. The third-order valence-electron chi connectivity index (χ3n) is 4.98. The normalized spacial score (nSPS) is 17.9. The van der Waals surface area contributed by atoms with Crippen molar-refractivity contribution in [2.45, 2.75) is 39.2 Å². The van der Waals surface area contributed by atoms with Gasteiger partial charge in [-0.05, 0) is 56.1 Å². The lowest BCUT2D eigenvalue weighted by molar-refractivity contribution is 0.133. The molecule has 7 heteroatoms. The van der Waals surface area contributed by atoms with E-state index in [4.69, 9.17) is 4.42 Å². The van der Waals surface area contributed by atoms with Crippen LogP contribution in [0.5, 0.6) is 0 Å². The molecule has 1 saturated heterocycles. The second-order valence-electron chi connectivity index (χ2n) is 7.06. The molecule has 0 amide bonds. The monoisotopic (exact) mass is 366 g/mol. The zero-order valence-corrected chi connectivity index (χ0v) is 15.6. The Labute approximate surface area is 149 Å². The van der Waals surface area contributed by atoms with Gasteiger partial charge >= 0.3 is 10.3 Å². The molecule has 1 aromatic carbocycles. The maximum absolute atomic E-state index is 12.1. The molecule has 0 radical (unpaired) electrons. The third kappa shape index (κ3) is 4.16. The van der Waals surface area contributed by atoms with Crippen LogP contribution in [0, 0.1) is 5.92 Å². The van der Waals surface area contributed by atoms with Gasteiger partial charge in [-0.1, -0.05) is 20.3 Å². The second kappa shape index (κ2) is 7.35. The SMILES string of the molecule is CC(C)C(CN(c1ccc2occc2c1)S(=O)(=O)O)N1CCCCC1. The van der Waals surface area contributed by atoms with Crippen LogP contribution < -0.4 is 4.31 Å². The average Bonchev–Trinajstić information content (AvgIpc) is 3.02. The Hall–Kier alpha value is -1.57. The number of furan rings is 1. The first-order valence-electron chi connectivity index (χ1n) is 8.83. The van der Waals surface area contributed by atoms with Gasteiger partial charge in [0.2, 0.25) is 0 Å². The smallest absolute Gasteiger partial charge is 0.360 e. The Morgan fingerprint density at radius 2 is 1.92 bits per heavy atom. The van der Waals surface area contributed by atoms with Crippen LogP contribution in [0.1, 0.15) is 33.1 Å². The van der Waals surface area contributed by atoms with Gasteiger partial charge in [-0.15, -0.1) is 0 Å². The van der Waals surface area contributed by atoms with E-state index in [9.17, 15) is 13.0 Å². The number of fused-ring (bicyclic) bond motifs is 1. The van der Waals surface area contributed by atoms with Gasteiger partial charge in [-0.3, -0.25) is 9.45 Å². The summed E-state index contributed by atoms with van der Waals surface area (Å²) in [5, 5.41) is 0.810. The Balaban J connectivity index is 1.91. The van der Waals surface area contributed by atoms with Gasteiger partial charge < -0.3 is 4.42 Å². The average molecular weight is 366 g/mol. The van der Waals surface area contributed by atoms with Crippen LogP contribution in [0.4, 0.5) is 5.69 Å². The van der Waals surface area contributed by atoms with E-state index in [0.29, 0.717) is 11.3 Å². The molecule has 1 aliphatic heterocycles. The molecule has 25 heavy (non-hydrogen) atoms. The topological polar surface area (TPSA) is 74.0 Å². The van der Waals surface area contributed by atoms with Crippen molar-refractivity contribution < 1.29 is 17.4 Å². The number of hydrogen-bond acceptors (Lipinski definition) is 4. The molecule has 138 valence electrons. The molecule has 0 aliphatic carbocycles. The molecule has 0 bridgehead atoms. The summed E-state index contributed by atoms with van der Waals surface area (Å²) in [5.41, 5.74) is 1.15. The summed E-state index contributed by atoms with van der Waals surface area (Å²) in [5.74, 6) is 0.278. The first-order chi connectivity index (χ1) is 11.9. The van der Waals surface area contributed by atoms with E-state index >= 15 is 0 Å². The van der Waals surface area contributed by atoms with Crippen molar-refractivity contribution in [2.75, 3.05) is 23.9 Å². The van der Waals surface area contributed by atoms with E-state index in [2.05, 4.69) is 18.7 Å². The van der Waals surface area contributed by atoms with Crippen molar-refractivity contribution in [2.24, 2.45) is 5.92 Å². The molecule has 1 N–H and O–H groups in total. The molecule has 0 spiro atoms. The van der Waals surface area contributed by atoms with Crippen LogP contribution in [0.2, 0.25) is 0 Å². The molecule has 2 aromatic rings. The van der Waals surface area contributed by atoms with Crippen molar-refractivity contribution in [1.29, 1.82) is 0 Å². The Bertz CT molecular complexity index is 809. The van der Waals surface area contributed by atoms with Crippen LogP contribution in [0.15, 0.2) is 34.9 Å². The highest BCUT2D eigenvalue weighted by atomic mass is 32.2. The molecule has 1 fully saturated rings. The molecule has 1 atom stereocenters. The van der Waals surface area contributed by atoms with Gasteiger partial charge in [-0.25, -0.2) is 4.31 Å². The summed E-state index contributed by atoms with van der Waals surface area (Å²) in [7, 11) is -4.36. The molecule has 1 aromatic heterocycles. The number of piperidine rings is 1. The van der Waals surface area contributed by atoms with Crippen molar-refractivity contribution in [3.8, 4) is 0 Å². The zero-order valence-electron chi connectivity index (χ0n) is 14.8. The highest BCUT2D eigenvalue weighted by molar-refractivity contribution is 7.87. The Morgan fingerprint density at radius 3 is 2.56 bits per heavy atom. The molecule has 2 heterocycles. The standard InChI is InChI=1S/C18H26N2O4S/c1-14(2)17(19-9-4-3-5-10-19)13-20(25(21,22)23)16-6-7-18-15(12-16)8-11-24-18/h6-8,11-12,14,17H,3-5,9-10,13H2,1-2H3,(H,21,22,23). The van der Waals surface area contributed by atoms with Crippen LogP contribution in [0.3, 0.4) is 0 Å². The number of anilines is 1. The molecular formula is C18H26N2O4S. The van der Waals surface area contributed by atoms with Gasteiger partial charge in [0.05, 0.1) is 18.5 Å². The lowest BCUT2D eigenvalue weighted by Gasteiger charge is -2.39. The maximum Gasteiger partial charge on any atom is 0.360 e. The number of hydrogen-bond donors (Lipinski definition) is 1. The summed E-state index contributed by atoms with van der Waals surface area (Å²) >= 11 is 0. The van der Waals surface area contributed by atoms with E-state index < -0.39 is 10.3 Å². The second-order valence-corrected chi connectivity index (χ2v) is 8.40. The van der Waals surface area contributed by atoms with Gasteiger partial charge in [0, 0.05) is 11.4 Å². The first-order valence-corrected chi connectivity index (χ1v) is 10.2. The van der Waals surface area contributed by atoms with Crippen molar-refractivity contribution in [3.63, 3.8) is 0 Å².